The summed E-state index contributed by atoms with van der Waals surface area (Å²) in [6, 6.07) is 10.8. The summed E-state index contributed by atoms with van der Waals surface area (Å²) in [5.41, 5.74) is 0.746. The van der Waals surface area contributed by atoms with Gasteiger partial charge in [0.25, 0.3) is 0 Å². The average Bonchev–Trinajstić information content (AvgIpc) is 2.76. The first-order valence-corrected chi connectivity index (χ1v) is 5.27. The Labute approximate surface area is 99.7 Å². The summed E-state index contributed by atoms with van der Waals surface area (Å²) in [7, 11) is 1.78. The molecule has 4 nitrogen and oxygen atoms in total. The molecular weight excluding hydrogens is 214 g/mol. The molecule has 17 heavy (non-hydrogen) atoms. The number of aromatic nitrogens is 2. The van der Waals surface area contributed by atoms with Gasteiger partial charge >= 0.3 is 0 Å². The van der Waals surface area contributed by atoms with E-state index in [1.807, 2.05) is 0 Å². The molecule has 1 aromatic heterocycles. The predicted octanol–water partition coefficient (Wildman–Crippen LogP) is 1.55. The maximum Gasteiger partial charge on any atom is 0.128 e. The van der Waals surface area contributed by atoms with E-state index in [9.17, 15) is 5.11 Å². The van der Waals surface area contributed by atoms with Crippen molar-refractivity contribution in [2.24, 2.45) is 7.05 Å². The van der Waals surface area contributed by atoms with Crippen LogP contribution >= 0.6 is 0 Å². The minimum Gasteiger partial charge on any atom is -0.379 e. The molecule has 4 heteroatoms. The lowest BCUT2D eigenvalue weighted by Crippen LogP contribution is -2.26. The molecule has 1 N–H and O–H groups in total. The van der Waals surface area contributed by atoms with Crippen LogP contribution < -0.4 is 0 Å². The van der Waals surface area contributed by atoms with E-state index in [4.69, 9.17) is 5.26 Å². The lowest BCUT2D eigenvalue weighted by atomic mass is 9.91. The summed E-state index contributed by atoms with van der Waals surface area (Å²) in [6.07, 6.45) is 1.64. The van der Waals surface area contributed by atoms with Gasteiger partial charge < -0.3 is 5.11 Å². The van der Waals surface area contributed by atoms with Crippen molar-refractivity contribution in [1.29, 1.82) is 5.26 Å². The first kappa shape index (κ1) is 11.4. The van der Waals surface area contributed by atoms with Gasteiger partial charge in [-0.2, -0.15) is 10.4 Å². The summed E-state index contributed by atoms with van der Waals surface area (Å²) >= 11 is 0. The van der Waals surface area contributed by atoms with Crippen molar-refractivity contribution >= 4 is 0 Å². The van der Waals surface area contributed by atoms with Gasteiger partial charge in [-0.15, -0.1) is 0 Å². The Kier molecular flexibility index (Phi) is 2.70. The van der Waals surface area contributed by atoms with Crippen LogP contribution in [0.2, 0.25) is 0 Å². The quantitative estimate of drug-likeness (QED) is 0.846. The molecular formula is C13H13N3O. The molecule has 2 aromatic rings. The van der Waals surface area contributed by atoms with Gasteiger partial charge in [0, 0.05) is 13.2 Å². The minimum atomic E-state index is -1.15. The molecule has 0 aliphatic rings. The Hall–Kier alpha value is -2.12. The van der Waals surface area contributed by atoms with E-state index in [1.54, 1.807) is 55.2 Å². The predicted molar refractivity (Wildman–Crippen MR) is 63.0 cm³/mol. The van der Waals surface area contributed by atoms with E-state index in [-0.39, 0.29) is 0 Å². The number of hydrogen-bond donors (Lipinski definition) is 1. The Morgan fingerprint density at radius 2 is 2.18 bits per heavy atom. The van der Waals surface area contributed by atoms with E-state index in [1.165, 1.54) is 0 Å². The highest BCUT2D eigenvalue weighted by atomic mass is 16.3. The van der Waals surface area contributed by atoms with Crippen molar-refractivity contribution in [2.75, 3.05) is 0 Å². The van der Waals surface area contributed by atoms with Gasteiger partial charge in [0.2, 0.25) is 0 Å². The molecule has 0 amide bonds. The van der Waals surface area contributed by atoms with Gasteiger partial charge in [0.15, 0.2) is 0 Å². The molecule has 0 fully saturated rings. The Balaban J connectivity index is 2.52. The fourth-order valence-corrected chi connectivity index (χ4v) is 1.89. The maximum atomic E-state index is 10.6. The first-order chi connectivity index (χ1) is 8.05. The van der Waals surface area contributed by atoms with Gasteiger partial charge in [-0.1, -0.05) is 12.1 Å². The largest absolute Gasteiger partial charge is 0.379 e. The molecule has 0 saturated carbocycles. The summed E-state index contributed by atoms with van der Waals surface area (Å²) in [6.45, 7) is 1.69. The van der Waals surface area contributed by atoms with Crippen LogP contribution in [-0.2, 0) is 12.6 Å². The van der Waals surface area contributed by atoms with Crippen LogP contribution in [0, 0.1) is 11.3 Å². The number of aliphatic hydroxyl groups is 1. The highest BCUT2D eigenvalue weighted by Gasteiger charge is 2.28. The molecule has 0 aliphatic carbocycles. The van der Waals surface area contributed by atoms with Gasteiger partial charge in [-0.3, -0.25) is 4.68 Å². The van der Waals surface area contributed by atoms with Crippen LogP contribution in [0.5, 0.6) is 0 Å². The fourth-order valence-electron chi connectivity index (χ4n) is 1.89. The zero-order valence-electron chi connectivity index (χ0n) is 9.75. The molecule has 1 unspecified atom stereocenters. The molecule has 0 aliphatic heterocycles. The van der Waals surface area contributed by atoms with Crippen molar-refractivity contribution in [2.45, 2.75) is 12.5 Å². The number of nitrogens with zero attached hydrogens (tertiary/aromatic N) is 3. The first-order valence-electron chi connectivity index (χ1n) is 5.27. The smallest absolute Gasteiger partial charge is 0.128 e. The molecule has 0 bridgehead atoms. The van der Waals surface area contributed by atoms with Crippen LogP contribution in [0.4, 0.5) is 0 Å². The highest BCUT2D eigenvalue weighted by molar-refractivity contribution is 5.38. The van der Waals surface area contributed by atoms with Crippen molar-refractivity contribution in [3.05, 3.63) is 53.3 Å². The maximum absolute atomic E-state index is 10.6. The normalized spacial score (nSPS) is 14.0. The third-order valence-electron chi connectivity index (χ3n) is 2.87. The second kappa shape index (κ2) is 4.04. The molecule has 1 atom stereocenters. The SMILES string of the molecule is Cn1nccc1C(C)(O)c1cccc(C#N)c1. The molecule has 2 rings (SSSR count). The van der Waals surface area contributed by atoms with Crippen LogP contribution in [0.15, 0.2) is 36.5 Å². The van der Waals surface area contributed by atoms with E-state index >= 15 is 0 Å². The van der Waals surface area contributed by atoms with E-state index < -0.39 is 5.60 Å². The summed E-state index contributed by atoms with van der Waals surface area (Å²) < 4.78 is 1.62. The van der Waals surface area contributed by atoms with Crippen LogP contribution in [0.1, 0.15) is 23.7 Å². The summed E-state index contributed by atoms with van der Waals surface area (Å²) in [4.78, 5) is 0. The second-order valence-corrected chi connectivity index (χ2v) is 4.10. The lowest BCUT2D eigenvalue weighted by Gasteiger charge is -2.24. The standard InChI is InChI=1S/C13H13N3O/c1-13(17,12-6-7-15-16(12)2)11-5-3-4-10(8-11)9-14/h3-8,17H,1-2H3. The third kappa shape index (κ3) is 1.93. The number of rotatable bonds is 2. The summed E-state index contributed by atoms with van der Waals surface area (Å²) in [5, 5.41) is 23.5. The van der Waals surface area contributed by atoms with Crippen molar-refractivity contribution < 1.29 is 5.11 Å². The van der Waals surface area contributed by atoms with Gasteiger partial charge in [0.1, 0.15) is 5.60 Å². The van der Waals surface area contributed by atoms with Gasteiger partial charge in [-0.25, -0.2) is 0 Å². The van der Waals surface area contributed by atoms with Gasteiger partial charge in [0.05, 0.1) is 17.3 Å². The minimum absolute atomic E-state index is 0.532. The Morgan fingerprint density at radius 3 is 2.76 bits per heavy atom. The van der Waals surface area contributed by atoms with E-state index in [2.05, 4.69) is 11.2 Å². The highest BCUT2D eigenvalue weighted by Crippen LogP contribution is 2.28. The molecule has 86 valence electrons. The lowest BCUT2D eigenvalue weighted by molar-refractivity contribution is 0.0929. The van der Waals surface area contributed by atoms with Crippen molar-refractivity contribution in [3.63, 3.8) is 0 Å². The number of nitriles is 1. The third-order valence-corrected chi connectivity index (χ3v) is 2.87. The topological polar surface area (TPSA) is 61.8 Å². The number of aryl methyl sites for hydroxylation is 1. The zero-order chi connectivity index (χ0) is 12.5. The van der Waals surface area contributed by atoms with Crippen LogP contribution in [-0.4, -0.2) is 14.9 Å². The fraction of sp³-hybridized carbons (Fsp3) is 0.231. The van der Waals surface area contributed by atoms with Crippen LogP contribution in [0.3, 0.4) is 0 Å². The molecule has 1 heterocycles. The molecule has 1 aromatic carbocycles. The Bertz CT molecular complexity index is 578. The molecule has 0 saturated heterocycles. The van der Waals surface area contributed by atoms with Crippen molar-refractivity contribution in [3.8, 4) is 6.07 Å². The number of hydrogen-bond acceptors (Lipinski definition) is 3. The van der Waals surface area contributed by atoms with Crippen molar-refractivity contribution in [1.82, 2.24) is 9.78 Å². The molecule has 0 radical (unpaired) electrons. The van der Waals surface area contributed by atoms with Gasteiger partial charge in [-0.05, 0) is 30.7 Å². The number of benzene rings is 1. The van der Waals surface area contributed by atoms with E-state index in [0.29, 0.717) is 16.8 Å². The van der Waals surface area contributed by atoms with E-state index in [0.717, 1.165) is 0 Å². The average molecular weight is 227 g/mol. The summed E-state index contributed by atoms with van der Waals surface area (Å²) in [5.74, 6) is 0. The second-order valence-electron chi connectivity index (χ2n) is 4.10. The zero-order valence-corrected chi connectivity index (χ0v) is 9.75. The van der Waals surface area contributed by atoms with Crippen LogP contribution in [0.25, 0.3) is 0 Å². The molecule has 0 spiro atoms. The Morgan fingerprint density at radius 1 is 1.41 bits per heavy atom. The monoisotopic (exact) mass is 227 g/mol.